The van der Waals surface area contributed by atoms with Crippen molar-refractivity contribution in [3.63, 3.8) is 0 Å². The molecule has 0 radical (unpaired) electrons. The fourth-order valence-corrected chi connectivity index (χ4v) is 2.43. The first-order valence-corrected chi connectivity index (χ1v) is 6.78. The molecule has 1 aliphatic rings. The van der Waals surface area contributed by atoms with Crippen LogP contribution in [0.5, 0.6) is 0 Å². The third-order valence-corrected chi connectivity index (χ3v) is 3.43. The van der Waals surface area contributed by atoms with Gasteiger partial charge in [-0.2, -0.15) is 0 Å². The van der Waals surface area contributed by atoms with E-state index in [4.69, 9.17) is 4.74 Å². The van der Waals surface area contributed by atoms with Gasteiger partial charge >= 0.3 is 5.97 Å². The van der Waals surface area contributed by atoms with Crippen molar-refractivity contribution in [2.45, 2.75) is 38.8 Å². The summed E-state index contributed by atoms with van der Waals surface area (Å²) in [5.74, 6) is 0.238. The minimum atomic E-state index is -0.657. The normalized spacial score (nSPS) is 26.9. The molecule has 0 spiro atoms. The quantitative estimate of drug-likeness (QED) is 0.668. The third kappa shape index (κ3) is 5.33. The van der Waals surface area contributed by atoms with E-state index < -0.39 is 6.10 Å². The molecule has 1 rings (SSSR count). The van der Waals surface area contributed by atoms with Gasteiger partial charge in [0, 0.05) is 19.1 Å². The number of nitrogens with one attached hydrogen (secondary N) is 1. The van der Waals surface area contributed by atoms with Crippen molar-refractivity contribution in [2.24, 2.45) is 5.92 Å². The van der Waals surface area contributed by atoms with E-state index in [0.29, 0.717) is 25.1 Å². The van der Waals surface area contributed by atoms with Gasteiger partial charge in [-0.05, 0) is 32.9 Å². The zero-order chi connectivity index (χ0) is 13.5. The van der Waals surface area contributed by atoms with Crippen molar-refractivity contribution >= 4 is 5.97 Å². The first kappa shape index (κ1) is 15.4. The predicted octanol–water partition coefficient (Wildman–Crippen LogP) is 0.230. The van der Waals surface area contributed by atoms with Gasteiger partial charge in [0.25, 0.3) is 0 Å². The number of esters is 1. The number of aliphatic hydroxyl groups is 1. The van der Waals surface area contributed by atoms with Gasteiger partial charge in [-0.15, -0.1) is 0 Å². The minimum absolute atomic E-state index is 0.0713. The maximum Gasteiger partial charge on any atom is 0.308 e. The van der Waals surface area contributed by atoms with Crippen LogP contribution in [0.25, 0.3) is 0 Å². The molecule has 1 saturated heterocycles. The van der Waals surface area contributed by atoms with Gasteiger partial charge in [0.15, 0.2) is 0 Å². The Morgan fingerprint density at radius 3 is 2.94 bits per heavy atom. The number of nitrogens with zero attached hydrogens (tertiary/aromatic N) is 1. The molecule has 1 heterocycles. The van der Waals surface area contributed by atoms with E-state index in [1.807, 2.05) is 0 Å². The van der Waals surface area contributed by atoms with Gasteiger partial charge in [0.05, 0.1) is 19.1 Å². The smallest absolute Gasteiger partial charge is 0.308 e. The molecule has 2 N–H and O–H groups in total. The molecule has 1 aliphatic heterocycles. The lowest BCUT2D eigenvalue weighted by molar-refractivity contribution is -0.145. The number of aliphatic hydroxyl groups excluding tert-OH is 1. The van der Waals surface area contributed by atoms with E-state index in [1.165, 1.54) is 0 Å². The predicted molar refractivity (Wildman–Crippen MR) is 70.3 cm³/mol. The highest BCUT2D eigenvalue weighted by Gasteiger charge is 2.24. The second-order valence-corrected chi connectivity index (χ2v) is 5.21. The highest BCUT2D eigenvalue weighted by Crippen LogP contribution is 2.15. The Balaban J connectivity index is 2.21. The second kappa shape index (κ2) is 7.71. The van der Waals surface area contributed by atoms with Crippen LogP contribution >= 0.6 is 0 Å². The van der Waals surface area contributed by atoms with Crippen molar-refractivity contribution in [3.8, 4) is 0 Å². The fraction of sp³-hybridized carbons (Fsp3) is 0.923. The summed E-state index contributed by atoms with van der Waals surface area (Å²) in [7, 11) is 2.13. The summed E-state index contributed by atoms with van der Waals surface area (Å²) in [6, 6.07) is 0.429. The number of carbonyl (C=O) groups excluding carboxylic acids is 1. The lowest BCUT2D eigenvalue weighted by Gasteiger charge is -2.35. The summed E-state index contributed by atoms with van der Waals surface area (Å²) in [5.41, 5.74) is 0. The molecule has 0 saturated carbocycles. The van der Waals surface area contributed by atoms with Crippen LogP contribution in [0.3, 0.4) is 0 Å². The number of hydrogen-bond donors (Lipinski definition) is 2. The molecular formula is C13H26N2O3. The highest BCUT2D eigenvalue weighted by molar-refractivity contribution is 5.69. The van der Waals surface area contributed by atoms with Gasteiger partial charge in [-0.25, -0.2) is 0 Å². The molecule has 3 atom stereocenters. The van der Waals surface area contributed by atoms with Crippen LogP contribution in [-0.2, 0) is 9.53 Å². The third-order valence-electron chi connectivity index (χ3n) is 3.43. The van der Waals surface area contributed by atoms with Gasteiger partial charge in [-0.3, -0.25) is 4.79 Å². The number of carbonyl (C=O) groups is 1. The van der Waals surface area contributed by atoms with Crippen molar-refractivity contribution < 1.29 is 14.6 Å². The average Bonchev–Trinajstić information content (AvgIpc) is 2.28. The van der Waals surface area contributed by atoms with Gasteiger partial charge in [-0.1, -0.05) is 6.92 Å². The molecule has 0 aromatic carbocycles. The summed E-state index contributed by atoms with van der Waals surface area (Å²) < 4.78 is 4.81. The topological polar surface area (TPSA) is 61.8 Å². The summed E-state index contributed by atoms with van der Waals surface area (Å²) in [5, 5.41) is 13.1. The van der Waals surface area contributed by atoms with Crippen molar-refractivity contribution in [1.29, 1.82) is 0 Å². The van der Waals surface area contributed by atoms with Crippen LogP contribution in [0, 0.1) is 5.92 Å². The van der Waals surface area contributed by atoms with Crippen LogP contribution in [0.4, 0.5) is 0 Å². The first-order chi connectivity index (χ1) is 8.52. The van der Waals surface area contributed by atoms with Gasteiger partial charge in [0.2, 0.25) is 0 Å². The lowest BCUT2D eigenvalue weighted by Crippen LogP contribution is -2.48. The molecule has 3 unspecified atom stereocenters. The number of hydrogen-bond acceptors (Lipinski definition) is 5. The Kier molecular flexibility index (Phi) is 6.60. The van der Waals surface area contributed by atoms with E-state index in [0.717, 1.165) is 19.5 Å². The molecule has 5 nitrogen and oxygen atoms in total. The molecular weight excluding hydrogens is 232 g/mol. The molecule has 1 fully saturated rings. The van der Waals surface area contributed by atoms with Crippen LogP contribution in [0.15, 0.2) is 0 Å². The molecule has 0 bridgehead atoms. The summed E-state index contributed by atoms with van der Waals surface area (Å²) in [6.07, 6.45) is 0.502. The molecule has 0 aromatic rings. The van der Waals surface area contributed by atoms with Crippen LogP contribution in [0.1, 0.15) is 26.7 Å². The minimum Gasteiger partial charge on any atom is -0.466 e. The Morgan fingerprint density at radius 2 is 2.33 bits per heavy atom. The molecule has 0 amide bonds. The van der Waals surface area contributed by atoms with E-state index >= 15 is 0 Å². The SMILES string of the molecule is CCOC(=O)CC(O)CNC1CCN(C)CC1C. The van der Waals surface area contributed by atoms with Crippen LogP contribution < -0.4 is 5.32 Å². The molecule has 106 valence electrons. The number of ether oxygens (including phenoxy) is 1. The number of rotatable bonds is 6. The standard InChI is InChI=1S/C13H26N2O3/c1-4-18-13(17)7-11(16)8-14-12-5-6-15(3)9-10(12)2/h10-12,14,16H,4-9H2,1-3H3. The number of piperidine rings is 1. The Morgan fingerprint density at radius 1 is 1.61 bits per heavy atom. The Hall–Kier alpha value is -0.650. The zero-order valence-corrected chi connectivity index (χ0v) is 11.7. The summed E-state index contributed by atoms with van der Waals surface area (Å²) in [4.78, 5) is 13.5. The number of likely N-dealkylation sites (tertiary alicyclic amines) is 1. The van der Waals surface area contributed by atoms with Crippen molar-refractivity contribution in [1.82, 2.24) is 10.2 Å². The highest BCUT2D eigenvalue weighted by atomic mass is 16.5. The first-order valence-electron chi connectivity index (χ1n) is 6.78. The molecule has 18 heavy (non-hydrogen) atoms. The van der Waals surface area contributed by atoms with Crippen LogP contribution in [0.2, 0.25) is 0 Å². The van der Waals surface area contributed by atoms with E-state index in [9.17, 15) is 9.90 Å². The van der Waals surface area contributed by atoms with Crippen molar-refractivity contribution in [2.75, 3.05) is 33.3 Å². The average molecular weight is 258 g/mol. The molecule has 0 aromatic heterocycles. The molecule has 0 aliphatic carbocycles. The van der Waals surface area contributed by atoms with E-state index in [2.05, 4.69) is 24.2 Å². The van der Waals surface area contributed by atoms with Crippen molar-refractivity contribution in [3.05, 3.63) is 0 Å². The monoisotopic (exact) mass is 258 g/mol. The zero-order valence-electron chi connectivity index (χ0n) is 11.7. The lowest BCUT2D eigenvalue weighted by atomic mass is 9.94. The fourth-order valence-electron chi connectivity index (χ4n) is 2.43. The Bertz CT molecular complexity index is 261. The van der Waals surface area contributed by atoms with E-state index in [-0.39, 0.29) is 12.4 Å². The largest absolute Gasteiger partial charge is 0.466 e. The van der Waals surface area contributed by atoms with E-state index in [1.54, 1.807) is 6.92 Å². The second-order valence-electron chi connectivity index (χ2n) is 5.21. The van der Waals surface area contributed by atoms with Crippen LogP contribution in [-0.4, -0.2) is 61.4 Å². The van der Waals surface area contributed by atoms with Gasteiger partial charge in [0.1, 0.15) is 0 Å². The maximum absolute atomic E-state index is 11.2. The Labute approximate surface area is 109 Å². The summed E-state index contributed by atoms with van der Waals surface area (Å²) >= 11 is 0. The molecule has 5 heteroatoms. The van der Waals surface area contributed by atoms with Gasteiger partial charge < -0.3 is 20.1 Å². The summed E-state index contributed by atoms with van der Waals surface area (Å²) in [6.45, 7) is 6.96. The maximum atomic E-state index is 11.2.